The van der Waals surface area contributed by atoms with Crippen LogP contribution in [0.1, 0.15) is 31.4 Å². The first-order valence-electron chi connectivity index (χ1n) is 6.21. The van der Waals surface area contributed by atoms with Gasteiger partial charge in [0.2, 0.25) is 0 Å². The molecular formula is C14H20ClN3. The lowest BCUT2D eigenvalue weighted by Gasteiger charge is -2.26. The molecule has 0 N–H and O–H groups in total. The van der Waals surface area contributed by atoms with Crippen LogP contribution in [0.3, 0.4) is 0 Å². The number of nitrogens with zero attached hydrogens (tertiary/aromatic N) is 3. The van der Waals surface area contributed by atoms with Crippen molar-refractivity contribution in [2.75, 3.05) is 18.0 Å². The quantitative estimate of drug-likeness (QED) is 0.739. The Morgan fingerprint density at radius 1 is 1.50 bits per heavy atom. The largest absolute Gasteiger partial charge is 0.355 e. The first-order chi connectivity index (χ1) is 8.58. The average Bonchev–Trinajstić information content (AvgIpc) is 2.34. The summed E-state index contributed by atoms with van der Waals surface area (Å²) in [6.07, 6.45) is 2.33. The molecule has 1 aromatic heterocycles. The molecule has 0 atom stereocenters. The van der Waals surface area contributed by atoms with Crippen molar-refractivity contribution in [3.8, 4) is 6.07 Å². The van der Waals surface area contributed by atoms with Crippen molar-refractivity contribution in [2.45, 2.75) is 33.1 Å². The molecule has 0 unspecified atom stereocenters. The minimum Gasteiger partial charge on any atom is -0.355 e. The molecule has 0 aliphatic rings. The van der Waals surface area contributed by atoms with Crippen molar-refractivity contribution in [3.63, 3.8) is 0 Å². The minimum absolute atomic E-state index is 0.483. The lowest BCUT2D eigenvalue weighted by molar-refractivity contribution is 0.606. The van der Waals surface area contributed by atoms with Gasteiger partial charge in [-0.2, -0.15) is 5.26 Å². The van der Waals surface area contributed by atoms with E-state index in [-0.39, 0.29) is 0 Å². The second-order valence-electron chi connectivity index (χ2n) is 4.87. The van der Waals surface area contributed by atoms with Gasteiger partial charge in [0.1, 0.15) is 5.82 Å². The Morgan fingerprint density at radius 2 is 2.22 bits per heavy atom. The summed E-state index contributed by atoms with van der Waals surface area (Å²) in [6, 6.07) is 4.26. The Labute approximate surface area is 114 Å². The molecule has 1 aromatic rings. The van der Waals surface area contributed by atoms with Crippen molar-refractivity contribution >= 4 is 17.4 Å². The summed E-state index contributed by atoms with van der Waals surface area (Å²) >= 11 is 5.80. The van der Waals surface area contributed by atoms with E-state index in [9.17, 15) is 0 Å². The third-order valence-electron chi connectivity index (χ3n) is 2.64. The zero-order chi connectivity index (χ0) is 13.5. The van der Waals surface area contributed by atoms with Crippen molar-refractivity contribution in [2.24, 2.45) is 5.92 Å². The maximum absolute atomic E-state index is 8.73. The van der Waals surface area contributed by atoms with E-state index in [1.807, 2.05) is 13.1 Å². The normalized spacial score (nSPS) is 10.4. The van der Waals surface area contributed by atoms with Gasteiger partial charge in [-0.1, -0.05) is 13.8 Å². The van der Waals surface area contributed by atoms with Gasteiger partial charge in [0, 0.05) is 25.2 Å². The van der Waals surface area contributed by atoms with Gasteiger partial charge in [0.15, 0.2) is 0 Å². The van der Waals surface area contributed by atoms with Crippen LogP contribution < -0.4 is 4.90 Å². The summed E-state index contributed by atoms with van der Waals surface area (Å²) in [6.45, 7) is 8.01. The lowest BCUT2D eigenvalue weighted by Crippen LogP contribution is -2.30. The smallest absolute Gasteiger partial charge is 0.131 e. The van der Waals surface area contributed by atoms with Crippen molar-refractivity contribution in [1.29, 1.82) is 5.26 Å². The molecule has 0 spiro atoms. The number of alkyl halides is 1. The van der Waals surface area contributed by atoms with E-state index in [0.29, 0.717) is 18.2 Å². The van der Waals surface area contributed by atoms with E-state index in [0.717, 1.165) is 30.0 Å². The molecular weight excluding hydrogens is 246 g/mol. The highest BCUT2D eigenvalue weighted by Crippen LogP contribution is 2.20. The van der Waals surface area contributed by atoms with Crippen LogP contribution in [0.2, 0.25) is 0 Å². The molecule has 0 bridgehead atoms. The van der Waals surface area contributed by atoms with Crippen molar-refractivity contribution in [1.82, 2.24) is 4.98 Å². The number of anilines is 1. The Kier molecular flexibility index (Phi) is 5.94. The Bertz CT molecular complexity index is 424. The van der Waals surface area contributed by atoms with Gasteiger partial charge in [-0.3, -0.25) is 0 Å². The molecule has 0 aliphatic carbocycles. The summed E-state index contributed by atoms with van der Waals surface area (Å²) < 4.78 is 0. The highest BCUT2D eigenvalue weighted by molar-refractivity contribution is 6.17. The first-order valence-corrected chi connectivity index (χ1v) is 6.75. The van der Waals surface area contributed by atoms with Crippen LogP contribution in [0.15, 0.2) is 12.3 Å². The fraction of sp³-hybridized carbons (Fsp3) is 0.571. The summed E-state index contributed by atoms with van der Waals surface area (Å²) in [4.78, 5) is 6.67. The number of pyridine rings is 1. The molecule has 0 fully saturated rings. The maximum Gasteiger partial charge on any atom is 0.131 e. The number of rotatable bonds is 6. The van der Waals surface area contributed by atoms with E-state index in [2.05, 4.69) is 35.9 Å². The Hall–Kier alpha value is -1.27. The van der Waals surface area contributed by atoms with Gasteiger partial charge in [0.25, 0.3) is 0 Å². The zero-order valence-electron chi connectivity index (χ0n) is 11.3. The van der Waals surface area contributed by atoms with E-state index in [4.69, 9.17) is 16.9 Å². The number of nitriles is 1. The molecule has 1 rings (SSSR count). The van der Waals surface area contributed by atoms with Gasteiger partial charge < -0.3 is 4.90 Å². The van der Waals surface area contributed by atoms with Gasteiger partial charge in [0.05, 0.1) is 12.5 Å². The number of halogens is 1. The summed E-state index contributed by atoms with van der Waals surface area (Å²) in [7, 11) is 0. The number of hydrogen-bond donors (Lipinski definition) is 0. The highest BCUT2D eigenvalue weighted by Gasteiger charge is 2.12. The van der Waals surface area contributed by atoms with Crippen LogP contribution in [0.4, 0.5) is 5.82 Å². The Balaban J connectivity index is 2.93. The zero-order valence-corrected chi connectivity index (χ0v) is 12.0. The number of hydrogen-bond acceptors (Lipinski definition) is 3. The molecule has 18 heavy (non-hydrogen) atoms. The fourth-order valence-electron chi connectivity index (χ4n) is 1.94. The van der Waals surface area contributed by atoms with Crippen LogP contribution in [-0.4, -0.2) is 18.1 Å². The Morgan fingerprint density at radius 3 is 2.72 bits per heavy atom. The van der Waals surface area contributed by atoms with Gasteiger partial charge in [-0.05, 0) is 30.0 Å². The molecule has 0 aliphatic heterocycles. The molecule has 0 amide bonds. The van der Waals surface area contributed by atoms with Crippen LogP contribution in [0.25, 0.3) is 0 Å². The SMILES string of the molecule is Cc1cc(CCl)cnc1N(CCC#N)CC(C)C. The maximum atomic E-state index is 8.73. The standard InChI is InChI=1S/C14H20ClN3/c1-11(2)10-18(6-4-5-16)14-12(3)7-13(8-15)9-17-14/h7,9,11H,4,6,8,10H2,1-3H3. The van der Waals surface area contributed by atoms with Crippen molar-refractivity contribution < 1.29 is 0 Å². The number of aryl methyl sites for hydroxylation is 1. The number of aromatic nitrogens is 1. The molecule has 0 saturated carbocycles. The van der Waals surface area contributed by atoms with E-state index < -0.39 is 0 Å². The third kappa shape index (κ3) is 4.19. The summed E-state index contributed by atoms with van der Waals surface area (Å²) in [5.41, 5.74) is 2.15. The van der Waals surface area contributed by atoms with E-state index in [1.165, 1.54) is 0 Å². The van der Waals surface area contributed by atoms with E-state index in [1.54, 1.807) is 0 Å². The van der Waals surface area contributed by atoms with Crippen LogP contribution in [0.5, 0.6) is 0 Å². The molecule has 0 aromatic carbocycles. The van der Waals surface area contributed by atoms with Gasteiger partial charge in [-0.15, -0.1) is 11.6 Å². The molecule has 3 nitrogen and oxygen atoms in total. The van der Waals surface area contributed by atoms with Gasteiger partial charge in [-0.25, -0.2) is 4.98 Å². The fourth-order valence-corrected chi connectivity index (χ4v) is 2.09. The molecule has 1 heterocycles. The summed E-state index contributed by atoms with van der Waals surface area (Å²) in [5, 5.41) is 8.73. The van der Waals surface area contributed by atoms with Crippen LogP contribution >= 0.6 is 11.6 Å². The minimum atomic E-state index is 0.483. The monoisotopic (exact) mass is 265 g/mol. The molecule has 4 heteroatoms. The predicted octanol–water partition coefficient (Wildman–Crippen LogP) is 3.50. The van der Waals surface area contributed by atoms with Crippen LogP contribution in [-0.2, 0) is 5.88 Å². The third-order valence-corrected chi connectivity index (χ3v) is 2.95. The topological polar surface area (TPSA) is 39.9 Å². The molecule has 0 saturated heterocycles. The van der Waals surface area contributed by atoms with E-state index >= 15 is 0 Å². The van der Waals surface area contributed by atoms with Crippen molar-refractivity contribution in [3.05, 3.63) is 23.4 Å². The first kappa shape index (κ1) is 14.8. The highest BCUT2D eigenvalue weighted by atomic mass is 35.5. The average molecular weight is 266 g/mol. The lowest BCUT2D eigenvalue weighted by atomic mass is 10.1. The second-order valence-corrected chi connectivity index (χ2v) is 5.13. The predicted molar refractivity (Wildman–Crippen MR) is 75.8 cm³/mol. The van der Waals surface area contributed by atoms with Crippen LogP contribution in [0, 0.1) is 24.2 Å². The van der Waals surface area contributed by atoms with Gasteiger partial charge >= 0.3 is 0 Å². The molecule has 98 valence electrons. The second kappa shape index (κ2) is 7.23. The summed E-state index contributed by atoms with van der Waals surface area (Å²) in [5.74, 6) is 1.99. The molecule has 0 radical (unpaired) electrons.